The molecule has 0 saturated carbocycles. The predicted molar refractivity (Wildman–Crippen MR) is 110 cm³/mol. The average molecular weight is 375 g/mol. The number of unbranched alkanes of at least 4 members (excludes halogenated alkanes) is 5. The van der Waals surface area contributed by atoms with Gasteiger partial charge in [0.25, 0.3) is 0 Å². The highest BCUT2D eigenvalue weighted by Gasteiger charge is 2.31. The van der Waals surface area contributed by atoms with E-state index in [1.54, 1.807) is 0 Å². The molecule has 0 bridgehead atoms. The average Bonchev–Trinajstić information content (AvgIpc) is 3.05. The number of H-pyrrole nitrogens is 1. The quantitative estimate of drug-likeness (QED) is 0.429. The lowest BCUT2D eigenvalue weighted by molar-refractivity contribution is -0.122. The fourth-order valence-electron chi connectivity index (χ4n) is 3.67. The second kappa shape index (κ2) is 10.5. The Bertz CT molecular complexity index is 719. The van der Waals surface area contributed by atoms with E-state index in [2.05, 4.69) is 35.4 Å². The Morgan fingerprint density at radius 1 is 1.11 bits per heavy atom. The summed E-state index contributed by atoms with van der Waals surface area (Å²) in [5, 5.41) is 23.2. The summed E-state index contributed by atoms with van der Waals surface area (Å²) >= 11 is 0. The highest BCUT2D eigenvalue weighted by atomic mass is 16.3. The maximum absolute atomic E-state index is 11.5. The molecule has 2 aromatic rings. The molecule has 150 valence electrons. The zero-order chi connectivity index (χ0) is 19.7. The van der Waals surface area contributed by atoms with Crippen LogP contribution in [0.3, 0.4) is 0 Å². The predicted octanol–water partition coefficient (Wildman–Crippen LogP) is 3.47. The van der Waals surface area contributed by atoms with Crippen LogP contribution < -0.4 is 5.32 Å². The SMILES string of the molecule is CCCCCCCCc1ccc2c(CC(CO)(CO)NC(C)=O)c[nH]c2c1. The Balaban J connectivity index is 2.03. The number of aryl methyl sites for hydroxylation is 1. The molecule has 0 unspecified atom stereocenters. The molecule has 0 fully saturated rings. The van der Waals surface area contributed by atoms with Crippen molar-refractivity contribution in [2.24, 2.45) is 0 Å². The Hall–Kier alpha value is -1.85. The summed E-state index contributed by atoms with van der Waals surface area (Å²) in [6.45, 7) is 3.00. The van der Waals surface area contributed by atoms with Crippen molar-refractivity contribution in [3.63, 3.8) is 0 Å². The summed E-state index contributed by atoms with van der Waals surface area (Å²) in [7, 11) is 0. The number of fused-ring (bicyclic) bond motifs is 1. The molecule has 2 rings (SSSR count). The fraction of sp³-hybridized carbons (Fsp3) is 0.591. The molecule has 0 aliphatic rings. The Kier molecular flexibility index (Phi) is 8.32. The highest BCUT2D eigenvalue weighted by Crippen LogP contribution is 2.24. The summed E-state index contributed by atoms with van der Waals surface area (Å²) in [6, 6.07) is 6.44. The molecule has 0 saturated heterocycles. The summed E-state index contributed by atoms with van der Waals surface area (Å²) in [4.78, 5) is 14.8. The third kappa shape index (κ3) is 6.08. The molecule has 5 heteroatoms. The van der Waals surface area contributed by atoms with Gasteiger partial charge in [0.1, 0.15) is 0 Å². The fourth-order valence-corrected chi connectivity index (χ4v) is 3.67. The van der Waals surface area contributed by atoms with E-state index in [0.717, 1.165) is 22.9 Å². The second-order valence-corrected chi connectivity index (χ2v) is 7.67. The number of aromatic nitrogens is 1. The van der Waals surface area contributed by atoms with Gasteiger partial charge in [-0.3, -0.25) is 4.79 Å². The lowest BCUT2D eigenvalue weighted by Crippen LogP contribution is -2.55. The minimum Gasteiger partial charge on any atom is -0.394 e. The topological polar surface area (TPSA) is 85.3 Å². The number of aliphatic hydroxyl groups is 2. The van der Waals surface area contributed by atoms with E-state index in [1.165, 1.54) is 51.0 Å². The number of carbonyl (C=O) groups excluding carboxylic acids is 1. The molecule has 0 atom stereocenters. The zero-order valence-corrected chi connectivity index (χ0v) is 16.7. The third-order valence-electron chi connectivity index (χ3n) is 5.23. The van der Waals surface area contributed by atoms with Gasteiger partial charge < -0.3 is 20.5 Å². The van der Waals surface area contributed by atoms with Crippen LogP contribution in [0.15, 0.2) is 24.4 Å². The van der Waals surface area contributed by atoms with Crippen LogP contribution in [-0.2, 0) is 17.6 Å². The van der Waals surface area contributed by atoms with Crippen LogP contribution >= 0.6 is 0 Å². The summed E-state index contributed by atoms with van der Waals surface area (Å²) < 4.78 is 0. The molecule has 1 aromatic carbocycles. The van der Waals surface area contributed by atoms with Crippen molar-refractivity contribution in [1.82, 2.24) is 10.3 Å². The molecule has 27 heavy (non-hydrogen) atoms. The van der Waals surface area contributed by atoms with Crippen molar-refractivity contribution < 1.29 is 15.0 Å². The van der Waals surface area contributed by atoms with Gasteiger partial charge in [-0.2, -0.15) is 0 Å². The molecule has 5 nitrogen and oxygen atoms in total. The third-order valence-corrected chi connectivity index (χ3v) is 5.23. The van der Waals surface area contributed by atoms with Gasteiger partial charge in [-0.1, -0.05) is 51.2 Å². The Labute approximate surface area is 162 Å². The first-order valence-electron chi connectivity index (χ1n) is 10.1. The summed E-state index contributed by atoms with van der Waals surface area (Å²) in [5.74, 6) is -0.265. The van der Waals surface area contributed by atoms with E-state index in [1.807, 2.05) is 6.20 Å². The summed E-state index contributed by atoms with van der Waals surface area (Å²) in [6.07, 6.45) is 11.1. The molecule has 1 heterocycles. The maximum atomic E-state index is 11.5. The number of hydrogen-bond donors (Lipinski definition) is 4. The minimum absolute atomic E-state index is 0.265. The van der Waals surface area contributed by atoms with Gasteiger partial charge >= 0.3 is 0 Å². The van der Waals surface area contributed by atoms with Crippen molar-refractivity contribution in [3.8, 4) is 0 Å². The highest BCUT2D eigenvalue weighted by molar-refractivity contribution is 5.84. The van der Waals surface area contributed by atoms with E-state index < -0.39 is 5.54 Å². The van der Waals surface area contributed by atoms with Crippen LogP contribution in [0.1, 0.15) is 63.5 Å². The first kappa shape index (κ1) is 21.5. The Morgan fingerprint density at radius 3 is 2.48 bits per heavy atom. The molecule has 0 spiro atoms. The lowest BCUT2D eigenvalue weighted by Gasteiger charge is -2.30. The van der Waals surface area contributed by atoms with Gasteiger partial charge in [-0.15, -0.1) is 0 Å². The second-order valence-electron chi connectivity index (χ2n) is 7.67. The van der Waals surface area contributed by atoms with Crippen molar-refractivity contribution in [2.45, 2.75) is 70.8 Å². The molecule has 1 aromatic heterocycles. The molecular weight excluding hydrogens is 340 g/mol. The number of benzene rings is 1. The summed E-state index contributed by atoms with van der Waals surface area (Å²) in [5.41, 5.74) is 2.32. The van der Waals surface area contributed by atoms with E-state index in [-0.39, 0.29) is 19.1 Å². The van der Waals surface area contributed by atoms with Crippen LogP contribution in [0.4, 0.5) is 0 Å². The van der Waals surface area contributed by atoms with Crippen molar-refractivity contribution in [2.75, 3.05) is 13.2 Å². The van der Waals surface area contributed by atoms with Crippen molar-refractivity contribution in [1.29, 1.82) is 0 Å². The van der Waals surface area contributed by atoms with Gasteiger partial charge in [0, 0.05) is 30.4 Å². The largest absolute Gasteiger partial charge is 0.394 e. The first-order chi connectivity index (χ1) is 13.0. The van der Waals surface area contributed by atoms with Gasteiger partial charge in [0.15, 0.2) is 0 Å². The molecule has 0 radical (unpaired) electrons. The monoisotopic (exact) mass is 374 g/mol. The van der Waals surface area contributed by atoms with E-state index in [4.69, 9.17) is 0 Å². The van der Waals surface area contributed by atoms with Crippen molar-refractivity contribution in [3.05, 3.63) is 35.5 Å². The van der Waals surface area contributed by atoms with Crippen LogP contribution in [-0.4, -0.2) is 39.9 Å². The van der Waals surface area contributed by atoms with E-state index in [9.17, 15) is 15.0 Å². The van der Waals surface area contributed by atoms with Gasteiger partial charge in [-0.25, -0.2) is 0 Å². The van der Waals surface area contributed by atoms with Crippen LogP contribution in [0.2, 0.25) is 0 Å². The van der Waals surface area contributed by atoms with E-state index in [0.29, 0.717) is 6.42 Å². The standard InChI is InChI=1S/C22H34N2O3/c1-3-4-5-6-7-8-9-18-10-11-20-19(14-23-21(20)12-18)13-22(15-25,16-26)24-17(2)27/h10-12,14,23,25-26H,3-9,13,15-16H2,1-2H3,(H,24,27). The molecule has 4 N–H and O–H groups in total. The maximum Gasteiger partial charge on any atom is 0.217 e. The van der Waals surface area contributed by atoms with Gasteiger partial charge in [-0.05, 0) is 30.0 Å². The van der Waals surface area contributed by atoms with Crippen molar-refractivity contribution >= 4 is 16.8 Å². The smallest absolute Gasteiger partial charge is 0.217 e. The number of amides is 1. The zero-order valence-electron chi connectivity index (χ0n) is 16.7. The number of rotatable bonds is 12. The van der Waals surface area contributed by atoms with E-state index >= 15 is 0 Å². The Morgan fingerprint density at radius 2 is 1.81 bits per heavy atom. The van der Waals surface area contributed by atoms with Crippen LogP contribution in [0.5, 0.6) is 0 Å². The first-order valence-corrected chi connectivity index (χ1v) is 10.1. The lowest BCUT2D eigenvalue weighted by atomic mass is 9.91. The van der Waals surface area contributed by atoms with Crippen LogP contribution in [0, 0.1) is 0 Å². The molecular formula is C22H34N2O3. The number of nitrogens with one attached hydrogen (secondary N) is 2. The number of carbonyl (C=O) groups is 1. The number of hydrogen-bond acceptors (Lipinski definition) is 3. The molecule has 0 aliphatic heterocycles. The number of aliphatic hydroxyl groups excluding tert-OH is 2. The molecule has 1 amide bonds. The minimum atomic E-state index is -1.04. The van der Waals surface area contributed by atoms with Gasteiger partial charge in [0.2, 0.25) is 5.91 Å². The number of aromatic amines is 1. The molecule has 0 aliphatic carbocycles. The van der Waals surface area contributed by atoms with Gasteiger partial charge in [0.05, 0.1) is 18.8 Å². The normalized spacial score (nSPS) is 11.9. The van der Waals surface area contributed by atoms with Crippen LogP contribution in [0.25, 0.3) is 10.9 Å².